The van der Waals surface area contributed by atoms with E-state index in [2.05, 4.69) is 0 Å². The molecule has 1 amide bonds. The fraction of sp³-hybridized carbons (Fsp3) is 0.800. The van der Waals surface area contributed by atoms with Gasteiger partial charge in [-0.05, 0) is 12.8 Å². The van der Waals surface area contributed by atoms with Gasteiger partial charge in [-0.25, -0.2) is 5.06 Å². The number of hydroxylamine groups is 2. The molecule has 0 aliphatic heterocycles. The lowest BCUT2D eigenvalue weighted by atomic mass is 9.78. The van der Waals surface area contributed by atoms with Gasteiger partial charge in [0, 0.05) is 7.05 Å². The molecule has 0 radical (unpaired) electrons. The average Bonchev–Trinajstić information content (AvgIpc) is 2.27. The summed E-state index contributed by atoms with van der Waals surface area (Å²) in [7, 11) is 2.91. The summed E-state index contributed by atoms with van der Waals surface area (Å²) in [6, 6.07) is 0. The fourth-order valence-electron chi connectivity index (χ4n) is 2.05. The number of rotatable bonds is 3. The van der Waals surface area contributed by atoms with Crippen molar-refractivity contribution in [3.63, 3.8) is 0 Å². The average molecular weight is 215 g/mol. The van der Waals surface area contributed by atoms with Crippen LogP contribution in [0.3, 0.4) is 0 Å². The van der Waals surface area contributed by atoms with Crippen molar-refractivity contribution >= 4 is 11.9 Å². The molecule has 0 bridgehead atoms. The third kappa shape index (κ3) is 2.68. The molecule has 0 aromatic rings. The van der Waals surface area contributed by atoms with Crippen LogP contribution in [-0.4, -0.2) is 36.2 Å². The van der Waals surface area contributed by atoms with E-state index in [4.69, 9.17) is 9.94 Å². The number of nitrogens with zero attached hydrogens (tertiary/aromatic N) is 1. The summed E-state index contributed by atoms with van der Waals surface area (Å²) in [5.41, 5.74) is 0. The van der Waals surface area contributed by atoms with Crippen molar-refractivity contribution in [2.45, 2.75) is 25.7 Å². The summed E-state index contributed by atoms with van der Waals surface area (Å²) in [6.45, 7) is 0. The Labute approximate surface area is 89.0 Å². The first-order chi connectivity index (χ1) is 7.07. The van der Waals surface area contributed by atoms with Crippen LogP contribution < -0.4 is 0 Å². The summed E-state index contributed by atoms with van der Waals surface area (Å²) >= 11 is 0. The van der Waals surface area contributed by atoms with Gasteiger partial charge in [0.2, 0.25) is 5.91 Å². The number of carboxylic acids is 1. The monoisotopic (exact) mass is 215 g/mol. The Morgan fingerprint density at radius 1 is 1.27 bits per heavy atom. The molecule has 1 aliphatic rings. The number of amides is 1. The minimum atomic E-state index is -0.877. The van der Waals surface area contributed by atoms with Crippen molar-refractivity contribution < 1.29 is 19.5 Å². The number of carboxylic acid groups (broad SMARTS) is 1. The molecule has 1 saturated carbocycles. The Bertz CT molecular complexity index is 254. The molecule has 0 heterocycles. The number of aliphatic carboxylic acids is 1. The molecule has 2 atom stereocenters. The Morgan fingerprint density at radius 2 is 1.80 bits per heavy atom. The van der Waals surface area contributed by atoms with E-state index < -0.39 is 17.8 Å². The number of hydrogen-bond donors (Lipinski definition) is 1. The highest BCUT2D eigenvalue weighted by atomic mass is 16.7. The molecule has 5 heteroatoms. The van der Waals surface area contributed by atoms with E-state index >= 15 is 0 Å². The molecule has 15 heavy (non-hydrogen) atoms. The topological polar surface area (TPSA) is 66.8 Å². The van der Waals surface area contributed by atoms with Gasteiger partial charge in [-0.2, -0.15) is 0 Å². The van der Waals surface area contributed by atoms with E-state index in [1.807, 2.05) is 0 Å². The van der Waals surface area contributed by atoms with E-state index in [9.17, 15) is 9.59 Å². The lowest BCUT2D eigenvalue weighted by Crippen LogP contribution is -2.40. The van der Waals surface area contributed by atoms with Crippen LogP contribution >= 0.6 is 0 Å². The van der Waals surface area contributed by atoms with Crippen molar-refractivity contribution in [3.05, 3.63) is 0 Å². The largest absolute Gasteiger partial charge is 0.481 e. The van der Waals surface area contributed by atoms with E-state index in [0.717, 1.165) is 17.9 Å². The van der Waals surface area contributed by atoms with Crippen LogP contribution in [0.5, 0.6) is 0 Å². The number of carbonyl (C=O) groups is 2. The first kappa shape index (κ1) is 12.0. The summed E-state index contributed by atoms with van der Waals surface area (Å²) in [5.74, 6) is -2.09. The van der Waals surface area contributed by atoms with Crippen molar-refractivity contribution in [2.75, 3.05) is 14.2 Å². The van der Waals surface area contributed by atoms with Gasteiger partial charge in [-0.3, -0.25) is 14.4 Å². The van der Waals surface area contributed by atoms with E-state index in [0.29, 0.717) is 12.8 Å². The molecular formula is C10H17NO4. The van der Waals surface area contributed by atoms with Gasteiger partial charge in [0.25, 0.3) is 0 Å². The maximum absolute atomic E-state index is 11.8. The Hall–Kier alpha value is -1.10. The highest BCUT2D eigenvalue weighted by molar-refractivity contribution is 5.84. The molecule has 2 unspecified atom stereocenters. The lowest BCUT2D eigenvalue weighted by molar-refractivity contribution is -0.179. The zero-order valence-corrected chi connectivity index (χ0v) is 9.10. The third-order valence-electron chi connectivity index (χ3n) is 2.98. The molecule has 1 N–H and O–H groups in total. The van der Waals surface area contributed by atoms with Gasteiger partial charge >= 0.3 is 5.97 Å². The molecule has 0 aromatic heterocycles. The highest BCUT2D eigenvalue weighted by Crippen LogP contribution is 2.31. The van der Waals surface area contributed by atoms with Crippen LogP contribution in [0.4, 0.5) is 0 Å². The summed E-state index contributed by atoms with van der Waals surface area (Å²) in [5, 5.41) is 10.1. The predicted octanol–water partition coefficient (Wildman–Crippen LogP) is 0.897. The van der Waals surface area contributed by atoms with Gasteiger partial charge in [0.1, 0.15) is 0 Å². The lowest BCUT2D eigenvalue weighted by Gasteiger charge is -2.29. The van der Waals surface area contributed by atoms with Gasteiger partial charge in [-0.1, -0.05) is 12.8 Å². The highest BCUT2D eigenvalue weighted by Gasteiger charge is 2.37. The quantitative estimate of drug-likeness (QED) is 0.710. The smallest absolute Gasteiger partial charge is 0.307 e. The van der Waals surface area contributed by atoms with Crippen LogP contribution in [0.2, 0.25) is 0 Å². The number of carbonyl (C=O) groups excluding carboxylic acids is 1. The molecule has 0 spiro atoms. The maximum Gasteiger partial charge on any atom is 0.307 e. The third-order valence-corrected chi connectivity index (χ3v) is 2.98. The van der Waals surface area contributed by atoms with Crippen LogP contribution in [0, 0.1) is 11.8 Å². The Morgan fingerprint density at radius 3 is 2.27 bits per heavy atom. The van der Waals surface area contributed by atoms with Gasteiger partial charge in [-0.15, -0.1) is 0 Å². The van der Waals surface area contributed by atoms with E-state index in [1.54, 1.807) is 0 Å². The zero-order valence-electron chi connectivity index (χ0n) is 9.10. The predicted molar refractivity (Wildman–Crippen MR) is 52.9 cm³/mol. The molecule has 1 fully saturated rings. The SMILES string of the molecule is CON(C)C(=O)C1CCCCC1C(=O)O. The molecule has 0 aromatic carbocycles. The minimum Gasteiger partial charge on any atom is -0.481 e. The molecule has 86 valence electrons. The molecule has 1 aliphatic carbocycles. The normalized spacial score (nSPS) is 26.0. The van der Waals surface area contributed by atoms with Crippen LogP contribution in [0.25, 0.3) is 0 Å². The number of hydrogen-bond acceptors (Lipinski definition) is 3. The second kappa shape index (κ2) is 5.11. The van der Waals surface area contributed by atoms with E-state index in [1.165, 1.54) is 14.2 Å². The standard InChI is InChI=1S/C10H17NO4/c1-11(15-2)9(12)7-5-3-4-6-8(7)10(13)14/h7-8H,3-6H2,1-2H3,(H,13,14). The summed E-state index contributed by atoms with van der Waals surface area (Å²) in [6.07, 6.45) is 3.03. The second-order valence-electron chi connectivity index (χ2n) is 3.85. The second-order valence-corrected chi connectivity index (χ2v) is 3.85. The minimum absolute atomic E-state index is 0.232. The van der Waals surface area contributed by atoms with Crippen molar-refractivity contribution in [1.29, 1.82) is 0 Å². The zero-order chi connectivity index (χ0) is 11.4. The van der Waals surface area contributed by atoms with Crippen LogP contribution in [-0.2, 0) is 14.4 Å². The first-order valence-corrected chi connectivity index (χ1v) is 5.12. The van der Waals surface area contributed by atoms with Crippen LogP contribution in [0.15, 0.2) is 0 Å². The van der Waals surface area contributed by atoms with Crippen molar-refractivity contribution in [3.8, 4) is 0 Å². The van der Waals surface area contributed by atoms with Crippen molar-refractivity contribution in [1.82, 2.24) is 5.06 Å². The molecule has 5 nitrogen and oxygen atoms in total. The molecule has 0 saturated heterocycles. The van der Waals surface area contributed by atoms with E-state index in [-0.39, 0.29) is 5.91 Å². The fourth-order valence-corrected chi connectivity index (χ4v) is 2.05. The van der Waals surface area contributed by atoms with Gasteiger partial charge < -0.3 is 5.11 Å². The van der Waals surface area contributed by atoms with Crippen molar-refractivity contribution in [2.24, 2.45) is 11.8 Å². The summed E-state index contributed by atoms with van der Waals surface area (Å²) < 4.78 is 0. The molecular weight excluding hydrogens is 198 g/mol. The Balaban J connectivity index is 2.71. The van der Waals surface area contributed by atoms with Gasteiger partial charge in [0.15, 0.2) is 0 Å². The summed E-state index contributed by atoms with van der Waals surface area (Å²) in [4.78, 5) is 27.5. The maximum atomic E-state index is 11.8. The van der Waals surface area contributed by atoms with Gasteiger partial charge in [0.05, 0.1) is 18.9 Å². The Kier molecular flexibility index (Phi) is 4.08. The molecule has 1 rings (SSSR count). The van der Waals surface area contributed by atoms with Crippen LogP contribution in [0.1, 0.15) is 25.7 Å². The first-order valence-electron chi connectivity index (χ1n) is 5.12.